The van der Waals surface area contributed by atoms with Crippen LogP contribution in [0.2, 0.25) is 0 Å². The number of carbonyl (C=O) groups excluding carboxylic acids is 1. The molecule has 0 aromatic heterocycles. The van der Waals surface area contributed by atoms with E-state index in [0.717, 1.165) is 10.0 Å². The maximum absolute atomic E-state index is 12.2. The minimum absolute atomic E-state index is 0.0794. The molecular weight excluding hydrogens is 374 g/mol. The molecule has 0 aliphatic heterocycles. The fourth-order valence-corrected chi connectivity index (χ4v) is 2.77. The minimum Gasteiger partial charge on any atom is -0.493 e. The van der Waals surface area contributed by atoms with E-state index >= 15 is 0 Å². The summed E-state index contributed by atoms with van der Waals surface area (Å²) in [4.78, 5) is 12.2. The Bertz CT molecular complexity index is 693. The van der Waals surface area contributed by atoms with E-state index < -0.39 is 0 Å². The van der Waals surface area contributed by atoms with E-state index in [1.165, 1.54) is 21.3 Å². The van der Waals surface area contributed by atoms with Crippen LogP contribution in [0.25, 0.3) is 0 Å². The normalized spacial score (nSPS) is 10.2. The molecule has 0 fully saturated rings. The van der Waals surface area contributed by atoms with Crippen LogP contribution in [0.15, 0.2) is 40.9 Å². The van der Waals surface area contributed by atoms with Crippen LogP contribution in [-0.4, -0.2) is 27.2 Å². The zero-order chi connectivity index (χ0) is 17.5. The van der Waals surface area contributed by atoms with Crippen molar-refractivity contribution in [3.63, 3.8) is 0 Å². The van der Waals surface area contributed by atoms with E-state index in [1.807, 2.05) is 24.3 Å². The first kappa shape index (κ1) is 18.1. The van der Waals surface area contributed by atoms with Gasteiger partial charge in [-0.3, -0.25) is 4.79 Å². The molecule has 0 radical (unpaired) electrons. The van der Waals surface area contributed by atoms with E-state index in [4.69, 9.17) is 14.2 Å². The van der Waals surface area contributed by atoms with Gasteiger partial charge in [0.2, 0.25) is 11.7 Å². The molecule has 0 saturated carbocycles. The van der Waals surface area contributed by atoms with Gasteiger partial charge in [-0.15, -0.1) is 0 Å². The van der Waals surface area contributed by atoms with Gasteiger partial charge < -0.3 is 19.5 Å². The molecule has 2 aromatic carbocycles. The number of hydrogen-bond acceptors (Lipinski definition) is 4. The molecule has 128 valence electrons. The second-order valence-corrected chi connectivity index (χ2v) is 6.01. The number of halogens is 1. The summed E-state index contributed by atoms with van der Waals surface area (Å²) in [5, 5.41) is 2.86. The van der Waals surface area contributed by atoms with Crippen LogP contribution in [0.4, 0.5) is 5.69 Å². The van der Waals surface area contributed by atoms with Gasteiger partial charge in [-0.2, -0.15) is 0 Å². The highest BCUT2D eigenvalue weighted by Crippen LogP contribution is 2.39. The zero-order valence-electron chi connectivity index (χ0n) is 13.9. The van der Waals surface area contributed by atoms with Crippen LogP contribution < -0.4 is 19.5 Å². The van der Waals surface area contributed by atoms with Crippen molar-refractivity contribution in [1.29, 1.82) is 0 Å². The number of anilines is 1. The minimum atomic E-state index is -0.0794. The lowest BCUT2D eigenvalue weighted by Gasteiger charge is -2.14. The fourth-order valence-electron chi connectivity index (χ4n) is 2.33. The molecule has 0 saturated heterocycles. The molecule has 6 heteroatoms. The van der Waals surface area contributed by atoms with E-state index in [0.29, 0.717) is 35.8 Å². The van der Waals surface area contributed by atoms with Crippen molar-refractivity contribution in [3.05, 3.63) is 46.4 Å². The number of ether oxygens (including phenoxy) is 3. The third-order valence-corrected chi connectivity index (χ3v) is 3.97. The van der Waals surface area contributed by atoms with Gasteiger partial charge >= 0.3 is 0 Å². The lowest BCUT2D eigenvalue weighted by molar-refractivity contribution is -0.116. The van der Waals surface area contributed by atoms with Gasteiger partial charge in [0.05, 0.1) is 21.3 Å². The Morgan fingerprint density at radius 3 is 2.25 bits per heavy atom. The van der Waals surface area contributed by atoms with Gasteiger partial charge in [-0.25, -0.2) is 0 Å². The molecule has 5 nitrogen and oxygen atoms in total. The van der Waals surface area contributed by atoms with Gasteiger partial charge in [-0.1, -0.05) is 28.1 Å². The molecule has 24 heavy (non-hydrogen) atoms. The monoisotopic (exact) mass is 393 g/mol. The Hall–Kier alpha value is -2.21. The molecule has 0 bridgehead atoms. The molecule has 0 spiro atoms. The Morgan fingerprint density at radius 1 is 1.04 bits per heavy atom. The third-order valence-electron chi connectivity index (χ3n) is 3.48. The topological polar surface area (TPSA) is 56.8 Å². The Balaban J connectivity index is 2.05. The highest BCUT2D eigenvalue weighted by molar-refractivity contribution is 9.10. The molecule has 0 aliphatic carbocycles. The highest BCUT2D eigenvalue weighted by Gasteiger charge is 2.14. The molecule has 1 N–H and O–H groups in total. The summed E-state index contributed by atoms with van der Waals surface area (Å²) in [6, 6.07) is 11.3. The number of nitrogens with one attached hydrogen (secondary N) is 1. The van der Waals surface area contributed by atoms with E-state index in [9.17, 15) is 4.79 Å². The van der Waals surface area contributed by atoms with E-state index in [-0.39, 0.29) is 5.91 Å². The Morgan fingerprint density at radius 2 is 1.71 bits per heavy atom. The molecular formula is C18H20BrNO4. The number of methoxy groups -OCH3 is 3. The SMILES string of the molecule is COc1cc(NC(=O)CCc2cccc(Br)c2)cc(OC)c1OC. The quantitative estimate of drug-likeness (QED) is 0.770. The van der Waals surface area contributed by atoms with Gasteiger partial charge in [0.25, 0.3) is 0 Å². The van der Waals surface area contributed by atoms with Crippen molar-refractivity contribution in [3.8, 4) is 17.2 Å². The second-order valence-electron chi connectivity index (χ2n) is 5.09. The first-order valence-corrected chi connectivity index (χ1v) is 8.21. The summed E-state index contributed by atoms with van der Waals surface area (Å²) in [6.07, 6.45) is 1.04. The number of benzene rings is 2. The number of carbonyl (C=O) groups is 1. The van der Waals surface area contributed by atoms with Crippen molar-refractivity contribution < 1.29 is 19.0 Å². The maximum Gasteiger partial charge on any atom is 0.224 e. The third kappa shape index (κ3) is 4.64. The smallest absolute Gasteiger partial charge is 0.224 e. The predicted molar refractivity (Wildman–Crippen MR) is 97.2 cm³/mol. The molecule has 1 amide bonds. The number of aryl methyl sites for hydroxylation is 1. The van der Waals surface area contributed by atoms with Crippen molar-refractivity contribution in [2.45, 2.75) is 12.8 Å². The largest absolute Gasteiger partial charge is 0.493 e. The first-order chi connectivity index (χ1) is 11.6. The summed E-state index contributed by atoms with van der Waals surface area (Å²) in [6.45, 7) is 0. The van der Waals surface area contributed by atoms with Crippen LogP contribution in [0.1, 0.15) is 12.0 Å². The fraction of sp³-hybridized carbons (Fsp3) is 0.278. The first-order valence-electron chi connectivity index (χ1n) is 7.41. The highest BCUT2D eigenvalue weighted by atomic mass is 79.9. The summed E-state index contributed by atoms with van der Waals surface area (Å²) in [7, 11) is 4.61. The summed E-state index contributed by atoms with van der Waals surface area (Å²) in [5.74, 6) is 1.41. The molecule has 0 unspecified atom stereocenters. The second kappa shape index (κ2) is 8.59. The average Bonchev–Trinajstić information content (AvgIpc) is 2.59. The van der Waals surface area contributed by atoms with Crippen LogP contribution in [0.3, 0.4) is 0 Å². The van der Waals surface area contributed by atoms with Gasteiger partial charge in [0.1, 0.15) is 0 Å². The van der Waals surface area contributed by atoms with Crippen LogP contribution in [-0.2, 0) is 11.2 Å². The maximum atomic E-state index is 12.2. The van der Waals surface area contributed by atoms with Crippen LogP contribution >= 0.6 is 15.9 Å². The average molecular weight is 394 g/mol. The van der Waals surface area contributed by atoms with Gasteiger partial charge in [0, 0.05) is 28.7 Å². The lowest BCUT2D eigenvalue weighted by Crippen LogP contribution is -2.12. The Labute approximate surface area is 150 Å². The standard InChI is InChI=1S/C18H20BrNO4/c1-22-15-10-14(11-16(23-2)18(15)24-3)20-17(21)8-7-12-5-4-6-13(19)9-12/h4-6,9-11H,7-8H2,1-3H3,(H,20,21). The zero-order valence-corrected chi connectivity index (χ0v) is 15.5. The van der Waals surface area contributed by atoms with Crippen LogP contribution in [0, 0.1) is 0 Å². The van der Waals surface area contributed by atoms with E-state index in [1.54, 1.807) is 12.1 Å². The number of hydrogen-bond donors (Lipinski definition) is 1. The summed E-state index contributed by atoms with van der Waals surface area (Å²) >= 11 is 3.43. The van der Waals surface area contributed by atoms with Crippen molar-refractivity contribution in [1.82, 2.24) is 0 Å². The van der Waals surface area contributed by atoms with Crippen molar-refractivity contribution in [2.24, 2.45) is 0 Å². The predicted octanol–water partition coefficient (Wildman–Crippen LogP) is 4.05. The van der Waals surface area contributed by atoms with Crippen LogP contribution in [0.5, 0.6) is 17.2 Å². The summed E-state index contributed by atoms with van der Waals surface area (Å²) in [5.41, 5.74) is 1.70. The van der Waals surface area contributed by atoms with Crippen molar-refractivity contribution >= 4 is 27.5 Å². The molecule has 2 rings (SSSR count). The Kier molecular flexibility index (Phi) is 6.49. The number of rotatable bonds is 7. The van der Waals surface area contributed by atoms with Gasteiger partial charge in [0.15, 0.2) is 11.5 Å². The number of amides is 1. The lowest BCUT2D eigenvalue weighted by atomic mass is 10.1. The van der Waals surface area contributed by atoms with Crippen molar-refractivity contribution in [2.75, 3.05) is 26.6 Å². The van der Waals surface area contributed by atoms with E-state index in [2.05, 4.69) is 21.2 Å². The molecule has 0 atom stereocenters. The van der Waals surface area contributed by atoms with Gasteiger partial charge in [-0.05, 0) is 24.1 Å². The molecule has 2 aromatic rings. The molecule has 0 aliphatic rings. The molecule has 0 heterocycles. The summed E-state index contributed by atoms with van der Waals surface area (Å²) < 4.78 is 16.8.